The second-order valence-corrected chi connectivity index (χ2v) is 15.4. The van der Waals surface area contributed by atoms with Crippen molar-refractivity contribution in [2.45, 2.75) is 6.17 Å². The molecular weight excluding hydrogens is 719 g/mol. The molecular formula is C55H37N3O. The van der Waals surface area contributed by atoms with Crippen molar-refractivity contribution >= 4 is 60.8 Å². The molecule has 278 valence electrons. The first kappa shape index (κ1) is 33.3. The minimum Gasteiger partial charge on any atom is -0.454 e. The molecule has 0 spiro atoms. The molecule has 4 heteroatoms. The average Bonchev–Trinajstić information content (AvgIpc) is 3.99. The van der Waals surface area contributed by atoms with Crippen LogP contribution in [0.4, 0.5) is 17.1 Å². The number of furan rings is 1. The van der Waals surface area contributed by atoms with E-state index in [1.165, 1.54) is 44.3 Å². The maximum absolute atomic E-state index is 6.92. The number of para-hydroxylation sites is 4. The smallest absolute Gasteiger partial charge is 0.159 e. The standard InChI is InChI=1S/C55H37N3O/c1-4-13-36(14-5-1)40-28-31-49-46(33-40)47-34-41(37-15-6-2-7-16-37)29-32-50(47)58(49)52-22-12-19-45-44-30-27-42(35-53(44)59-54(45)52)38-23-25-39(26-24-38)55-56-48-20-10-11-21-51(48)57(55)43-17-8-3-9-18-43/h1-35,55-56H. The van der Waals surface area contributed by atoms with E-state index in [-0.39, 0.29) is 6.17 Å². The van der Waals surface area contributed by atoms with Gasteiger partial charge in [0.1, 0.15) is 11.7 Å². The zero-order valence-electron chi connectivity index (χ0n) is 32.1. The summed E-state index contributed by atoms with van der Waals surface area (Å²) in [6.07, 6.45) is -0.0178. The number of hydrogen-bond donors (Lipinski definition) is 1. The van der Waals surface area contributed by atoms with Gasteiger partial charge in [0.05, 0.1) is 28.1 Å². The molecule has 2 aromatic heterocycles. The highest BCUT2D eigenvalue weighted by Crippen LogP contribution is 2.46. The maximum atomic E-state index is 6.92. The predicted octanol–water partition coefficient (Wildman–Crippen LogP) is 14.9. The number of nitrogens with one attached hydrogen (secondary N) is 1. The van der Waals surface area contributed by atoms with E-state index in [1.54, 1.807) is 0 Å². The number of hydrogen-bond acceptors (Lipinski definition) is 3. The van der Waals surface area contributed by atoms with E-state index >= 15 is 0 Å². The van der Waals surface area contributed by atoms with Crippen molar-refractivity contribution in [2.24, 2.45) is 0 Å². The Balaban J connectivity index is 0.954. The molecule has 0 saturated heterocycles. The SMILES string of the molecule is c1ccc(-c2ccc3c(c2)c2cc(-c4ccccc4)ccc2n3-c2cccc3c2oc2cc(-c4ccc(C5Nc6ccccc6N5c5ccccc5)cc4)ccc23)cc1. The summed E-state index contributed by atoms with van der Waals surface area (Å²) in [5.74, 6) is 0. The third-order valence-corrected chi connectivity index (χ3v) is 12.0. The number of benzene rings is 9. The number of anilines is 3. The molecule has 0 saturated carbocycles. The topological polar surface area (TPSA) is 33.3 Å². The number of aromatic nitrogens is 1. The largest absolute Gasteiger partial charge is 0.454 e. The van der Waals surface area contributed by atoms with E-state index in [0.29, 0.717) is 0 Å². The van der Waals surface area contributed by atoms with Crippen molar-refractivity contribution < 1.29 is 4.42 Å². The Kier molecular flexibility index (Phi) is 7.57. The molecule has 1 unspecified atom stereocenters. The lowest BCUT2D eigenvalue weighted by Crippen LogP contribution is -2.23. The summed E-state index contributed by atoms with van der Waals surface area (Å²) < 4.78 is 9.30. The van der Waals surface area contributed by atoms with Crippen LogP contribution in [0.5, 0.6) is 0 Å². The molecule has 3 heterocycles. The van der Waals surface area contributed by atoms with Crippen molar-refractivity contribution in [3.63, 3.8) is 0 Å². The molecule has 12 rings (SSSR count). The molecule has 0 aliphatic carbocycles. The molecule has 59 heavy (non-hydrogen) atoms. The van der Waals surface area contributed by atoms with Gasteiger partial charge >= 0.3 is 0 Å². The molecule has 1 N–H and O–H groups in total. The molecule has 4 nitrogen and oxygen atoms in total. The first-order chi connectivity index (χ1) is 29.2. The Morgan fingerprint density at radius 1 is 0.390 bits per heavy atom. The fraction of sp³-hybridized carbons (Fsp3) is 0.0182. The van der Waals surface area contributed by atoms with Crippen LogP contribution < -0.4 is 10.2 Å². The lowest BCUT2D eigenvalue weighted by Gasteiger charge is -2.27. The summed E-state index contributed by atoms with van der Waals surface area (Å²) in [5.41, 5.74) is 16.8. The Bertz CT molecular complexity index is 3250. The van der Waals surface area contributed by atoms with Crippen molar-refractivity contribution in [1.29, 1.82) is 0 Å². The van der Waals surface area contributed by atoms with Crippen LogP contribution in [-0.4, -0.2) is 4.57 Å². The molecule has 0 fully saturated rings. The molecule has 0 bridgehead atoms. The van der Waals surface area contributed by atoms with E-state index in [1.807, 2.05) is 0 Å². The van der Waals surface area contributed by atoms with Crippen molar-refractivity contribution in [3.05, 3.63) is 218 Å². The van der Waals surface area contributed by atoms with Gasteiger partial charge in [0.25, 0.3) is 0 Å². The molecule has 0 amide bonds. The van der Waals surface area contributed by atoms with Crippen molar-refractivity contribution in [1.82, 2.24) is 4.57 Å². The number of nitrogens with zero attached hydrogens (tertiary/aromatic N) is 2. The van der Waals surface area contributed by atoms with Crippen LogP contribution in [0.25, 0.3) is 82.8 Å². The minimum absolute atomic E-state index is 0.0178. The predicted molar refractivity (Wildman–Crippen MR) is 246 cm³/mol. The second kappa shape index (κ2) is 13.4. The molecule has 1 aliphatic rings. The summed E-state index contributed by atoms with van der Waals surface area (Å²) in [4.78, 5) is 2.38. The van der Waals surface area contributed by atoms with E-state index in [0.717, 1.165) is 61.2 Å². The lowest BCUT2D eigenvalue weighted by atomic mass is 10.0. The summed E-state index contributed by atoms with van der Waals surface area (Å²) in [5, 5.41) is 8.39. The van der Waals surface area contributed by atoms with E-state index < -0.39 is 0 Å². The van der Waals surface area contributed by atoms with Crippen LogP contribution in [0.15, 0.2) is 217 Å². The minimum atomic E-state index is -0.0178. The highest BCUT2D eigenvalue weighted by Gasteiger charge is 2.31. The van der Waals surface area contributed by atoms with Crippen LogP contribution in [0.2, 0.25) is 0 Å². The summed E-state index contributed by atoms with van der Waals surface area (Å²) in [7, 11) is 0. The summed E-state index contributed by atoms with van der Waals surface area (Å²) in [6, 6.07) is 76.2. The average molecular weight is 756 g/mol. The Labute approximate surface area is 341 Å². The summed E-state index contributed by atoms with van der Waals surface area (Å²) >= 11 is 0. The van der Waals surface area contributed by atoms with Crippen LogP contribution in [0.3, 0.4) is 0 Å². The first-order valence-electron chi connectivity index (χ1n) is 20.2. The van der Waals surface area contributed by atoms with Gasteiger partial charge in [0.2, 0.25) is 0 Å². The molecule has 0 radical (unpaired) electrons. The van der Waals surface area contributed by atoms with E-state index in [4.69, 9.17) is 4.42 Å². The van der Waals surface area contributed by atoms with Gasteiger partial charge in [-0.15, -0.1) is 0 Å². The molecule has 9 aromatic carbocycles. The fourth-order valence-corrected chi connectivity index (χ4v) is 9.17. The van der Waals surface area contributed by atoms with Gasteiger partial charge in [-0.2, -0.15) is 0 Å². The van der Waals surface area contributed by atoms with Crippen LogP contribution in [-0.2, 0) is 0 Å². The normalized spacial score (nSPS) is 13.7. The Morgan fingerprint density at radius 2 is 0.932 bits per heavy atom. The Morgan fingerprint density at radius 3 is 1.61 bits per heavy atom. The second-order valence-electron chi connectivity index (χ2n) is 15.4. The first-order valence-corrected chi connectivity index (χ1v) is 20.2. The van der Waals surface area contributed by atoms with Gasteiger partial charge in [-0.05, 0) is 106 Å². The fourth-order valence-electron chi connectivity index (χ4n) is 9.17. The van der Waals surface area contributed by atoms with Crippen LogP contribution in [0, 0.1) is 0 Å². The zero-order chi connectivity index (χ0) is 38.9. The zero-order valence-corrected chi connectivity index (χ0v) is 32.1. The highest BCUT2D eigenvalue weighted by molar-refractivity contribution is 6.14. The number of fused-ring (bicyclic) bond motifs is 7. The lowest BCUT2D eigenvalue weighted by molar-refractivity contribution is 0.666. The maximum Gasteiger partial charge on any atom is 0.159 e. The molecule has 11 aromatic rings. The Hall–Kier alpha value is -7.82. The third-order valence-electron chi connectivity index (χ3n) is 12.0. The van der Waals surface area contributed by atoms with Crippen LogP contribution >= 0.6 is 0 Å². The third kappa shape index (κ3) is 5.45. The van der Waals surface area contributed by atoms with Gasteiger partial charge in [-0.3, -0.25) is 0 Å². The number of rotatable bonds is 6. The monoisotopic (exact) mass is 755 g/mol. The van der Waals surface area contributed by atoms with Crippen LogP contribution in [0.1, 0.15) is 11.7 Å². The van der Waals surface area contributed by atoms with Gasteiger partial charge < -0.3 is 19.2 Å². The molecule has 1 atom stereocenters. The van der Waals surface area contributed by atoms with Gasteiger partial charge in [-0.25, -0.2) is 0 Å². The van der Waals surface area contributed by atoms with Crippen molar-refractivity contribution in [2.75, 3.05) is 10.2 Å². The molecule has 1 aliphatic heterocycles. The van der Waals surface area contributed by atoms with Crippen molar-refractivity contribution in [3.8, 4) is 39.1 Å². The van der Waals surface area contributed by atoms with Gasteiger partial charge in [0.15, 0.2) is 5.58 Å². The van der Waals surface area contributed by atoms with Gasteiger partial charge in [0, 0.05) is 27.2 Å². The summed E-state index contributed by atoms with van der Waals surface area (Å²) in [6.45, 7) is 0. The quantitative estimate of drug-likeness (QED) is 0.183. The van der Waals surface area contributed by atoms with Gasteiger partial charge in [-0.1, -0.05) is 146 Å². The van der Waals surface area contributed by atoms with E-state index in [2.05, 4.69) is 227 Å². The van der Waals surface area contributed by atoms with E-state index in [9.17, 15) is 0 Å². The highest BCUT2D eigenvalue weighted by atomic mass is 16.3.